The van der Waals surface area contributed by atoms with E-state index in [1.165, 1.54) is 0 Å². The maximum atomic E-state index is 5.32. The first kappa shape index (κ1) is 7.77. The predicted octanol–water partition coefficient (Wildman–Crippen LogP) is 2.95. The quantitative estimate of drug-likeness (QED) is 0.592. The third-order valence-electron chi connectivity index (χ3n) is 0.788. The molecule has 0 saturated heterocycles. The standard InChI is InChI=1S/C5H9BrCl/c1-2-5(6)3-4-7/h4-5H,2-3H2,1H3. The monoisotopic (exact) mass is 183 g/mol. The predicted molar refractivity (Wildman–Crippen MR) is 37.8 cm³/mol. The Kier molecular flexibility index (Phi) is 5.46. The summed E-state index contributed by atoms with van der Waals surface area (Å²) in [6.07, 6.45) is 2.10. The van der Waals surface area contributed by atoms with Crippen molar-refractivity contribution in [2.75, 3.05) is 0 Å². The van der Waals surface area contributed by atoms with Gasteiger partial charge in [-0.1, -0.05) is 22.9 Å². The summed E-state index contributed by atoms with van der Waals surface area (Å²) in [6.45, 7) is 2.12. The Morgan fingerprint density at radius 1 is 1.86 bits per heavy atom. The van der Waals surface area contributed by atoms with E-state index in [-0.39, 0.29) is 0 Å². The summed E-state index contributed by atoms with van der Waals surface area (Å²) in [5, 5.41) is 0. The van der Waals surface area contributed by atoms with Crippen LogP contribution in [0.3, 0.4) is 0 Å². The van der Waals surface area contributed by atoms with Crippen LogP contribution in [0.4, 0.5) is 0 Å². The van der Waals surface area contributed by atoms with Crippen LogP contribution in [0.15, 0.2) is 0 Å². The molecule has 0 aromatic heterocycles. The van der Waals surface area contributed by atoms with Gasteiger partial charge >= 0.3 is 0 Å². The molecular formula is C5H9BrCl. The van der Waals surface area contributed by atoms with Crippen LogP contribution < -0.4 is 0 Å². The van der Waals surface area contributed by atoms with Crippen LogP contribution in [0.25, 0.3) is 0 Å². The molecule has 0 aromatic carbocycles. The number of halogens is 2. The molecule has 0 amide bonds. The zero-order valence-electron chi connectivity index (χ0n) is 4.32. The van der Waals surface area contributed by atoms with Crippen molar-refractivity contribution in [2.45, 2.75) is 24.6 Å². The molecule has 0 heterocycles. The highest BCUT2D eigenvalue weighted by atomic mass is 79.9. The molecule has 0 aromatic rings. The van der Waals surface area contributed by atoms with E-state index in [9.17, 15) is 0 Å². The molecule has 1 unspecified atom stereocenters. The van der Waals surface area contributed by atoms with Gasteiger partial charge in [0.15, 0.2) is 0 Å². The van der Waals surface area contributed by atoms with Crippen LogP contribution in [-0.2, 0) is 0 Å². The molecule has 0 fully saturated rings. The van der Waals surface area contributed by atoms with Gasteiger partial charge in [0.25, 0.3) is 0 Å². The van der Waals surface area contributed by atoms with Gasteiger partial charge in [-0.25, -0.2) is 0 Å². The lowest BCUT2D eigenvalue weighted by Gasteiger charge is -1.98. The molecule has 1 radical (unpaired) electrons. The number of alkyl halides is 1. The van der Waals surface area contributed by atoms with E-state index < -0.39 is 0 Å². The molecule has 0 nitrogen and oxygen atoms in total. The molecule has 43 valence electrons. The summed E-state index contributed by atoms with van der Waals surface area (Å²) in [4.78, 5) is 0.574. The van der Waals surface area contributed by atoms with Gasteiger partial charge in [-0.15, -0.1) is 11.6 Å². The van der Waals surface area contributed by atoms with E-state index in [2.05, 4.69) is 22.9 Å². The Hall–Kier alpha value is 0.770. The molecule has 0 saturated carbocycles. The van der Waals surface area contributed by atoms with Crippen molar-refractivity contribution in [3.8, 4) is 0 Å². The molecule has 0 aliphatic rings. The van der Waals surface area contributed by atoms with Crippen LogP contribution in [0.5, 0.6) is 0 Å². The molecule has 2 heteroatoms. The molecular weight excluding hydrogens is 175 g/mol. The first-order chi connectivity index (χ1) is 3.31. The van der Waals surface area contributed by atoms with E-state index in [0.717, 1.165) is 12.8 Å². The minimum Gasteiger partial charge on any atom is -0.121 e. The Morgan fingerprint density at radius 3 is 2.57 bits per heavy atom. The lowest BCUT2D eigenvalue weighted by atomic mass is 10.3. The lowest BCUT2D eigenvalue weighted by molar-refractivity contribution is 0.840. The van der Waals surface area contributed by atoms with E-state index in [1.807, 2.05) is 0 Å². The average molecular weight is 184 g/mol. The Labute approximate surface area is 58.4 Å². The molecule has 0 rings (SSSR count). The van der Waals surface area contributed by atoms with Gasteiger partial charge < -0.3 is 0 Å². The SMILES string of the molecule is CCC(Br)C[CH]Cl. The number of hydrogen-bond acceptors (Lipinski definition) is 0. The maximum Gasteiger partial charge on any atom is 0.0510 e. The van der Waals surface area contributed by atoms with Crippen LogP contribution in [0, 0.1) is 5.88 Å². The topological polar surface area (TPSA) is 0 Å². The maximum absolute atomic E-state index is 5.32. The summed E-state index contributed by atoms with van der Waals surface area (Å²) < 4.78 is 0. The summed E-state index contributed by atoms with van der Waals surface area (Å²) in [6, 6.07) is 0. The van der Waals surface area contributed by atoms with Crippen LogP contribution in [0.1, 0.15) is 19.8 Å². The van der Waals surface area contributed by atoms with E-state index in [0.29, 0.717) is 4.83 Å². The molecule has 7 heavy (non-hydrogen) atoms. The summed E-state index contributed by atoms with van der Waals surface area (Å²) in [5.41, 5.74) is 0. The second-order valence-electron chi connectivity index (χ2n) is 1.40. The molecule has 0 N–H and O–H groups in total. The number of hydrogen-bond donors (Lipinski definition) is 0. The fraction of sp³-hybridized carbons (Fsp3) is 0.800. The second-order valence-corrected chi connectivity index (χ2v) is 3.00. The highest BCUT2D eigenvalue weighted by Crippen LogP contribution is 2.11. The first-order valence-corrected chi connectivity index (χ1v) is 3.72. The van der Waals surface area contributed by atoms with Crippen molar-refractivity contribution in [3.05, 3.63) is 5.88 Å². The van der Waals surface area contributed by atoms with Crippen molar-refractivity contribution in [3.63, 3.8) is 0 Å². The van der Waals surface area contributed by atoms with Crippen molar-refractivity contribution in [1.29, 1.82) is 0 Å². The van der Waals surface area contributed by atoms with Crippen molar-refractivity contribution in [1.82, 2.24) is 0 Å². The van der Waals surface area contributed by atoms with Gasteiger partial charge in [0.2, 0.25) is 0 Å². The average Bonchev–Trinajstić information content (AvgIpc) is 1.68. The van der Waals surface area contributed by atoms with Gasteiger partial charge in [-0.2, -0.15) is 0 Å². The fourth-order valence-electron chi connectivity index (χ4n) is 0.263. The van der Waals surface area contributed by atoms with E-state index in [1.54, 1.807) is 5.88 Å². The van der Waals surface area contributed by atoms with Crippen molar-refractivity contribution >= 4 is 27.5 Å². The zero-order valence-corrected chi connectivity index (χ0v) is 6.67. The van der Waals surface area contributed by atoms with Crippen molar-refractivity contribution in [2.24, 2.45) is 0 Å². The number of rotatable bonds is 3. The van der Waals surface area contributed by atoms with Gasteiger partial charge in [0, 0.05) is 4.83 Å². The van der Waals surface area contributed by atoms with Crippen molar-refractivity contribution < 1.29 is 0 Å². The Morgan fingerprint density at radius 2 is 2.43 bits per heavy atom. The van der Waals surface area contributed by atoms with Crippen LogP contribution in [0.2, 0.25) is 0 Å². The third kappa shape index (κ3) is 4.63. The van der Waals surface area contributed by atoms with Gasteiger partial charge in [-0.05, 0) is 12.8 Å². The minimum absolute atomic E-state index is 0.574. The third-order valence-corrected chi connectivity index (χ3v) is 1.99. The van der Waals surface area contributed by atoms with Gasteiger partial charge in [0.1, 0.15) is 0 Å². The van der Waals surface area contributed by atoms with Gasteiger partial charge in [-0.3, -0.25) is 0 Å². The molecule has 1 atom stereocenters. The Balaban J connectivity index is 2.83. The minimum atomic E-state index is 0.574. The van der Waals surface area contributed by atoms with E-state index >= 15 is 0 Å². The zero-order chi connectivity index (χ0) is 5.70. The molecule has 0 spiro atoms. The highest BCUT2D eigenvalue weighted by Gasteiger charge is 1.96. The van der Waals surface area contributed by atoms with E-state index in [4.69, 9.17) is 11.6 Å². The lowest BCUT2D eigenvalue weighted by Crippen LogP contribution is -1.91. The first-order valence-electron chi connectivity index (χ1n) is 2.37. The fourth-order valence-corrected chi connectivity index (χ4v) is 0.881. The Bertz CT molecular complexity index is 39.1. The van der Waals surface area contributed by atoms with Crippen LogP contribution in [-0.4, -0.2) is 4.83 Å². The molecule has 0 bridgehead atoms. The summed E-state index contributed by atoms with van der Waals surface area (Å²) >= 11 is 8.74. The van der Waals surface area contributed by atoms with Gasteiger partial charge in [0.05, 0.1) is 5.88 Å². The summed E-state index contributed by atoms with van der Waals surface area (Å²) in [5.74, 6) is 1.66. The largest absolute Gasteiger partial charge is 0.121 e. The molecule has 0 aliphatic heterocycles. The second kappa shape index (κ2) is 4.92. The smallest absolute Gasteiger partial charge is 0.0510 e. The molecule has 0 aliphatic carbocycles. The highest BCUT2D eigenvalue weighted by molar-refractivity contribution is 9.09. The summed E-state index contributed by atoms with van der Waals surface area (Å²) in [7, 11) is 0. The normalized spacial score (nSPS) is 14.1. The van der Waals surface area contributed by atoms with Crippen LogP contribution >= 0.6 is 27.5 Å².